The maximum Gasteiger partial charge on any atom is 0.315 e. The Bertz CT molecular complexity index is 784. The predicted molar refractivity (Wildman–Crippen MR) is 107 cm³/mol. The Balaban J connectivity index is 2.04. The summed E-state index contributed by atoms with van der Waals surface area (Å²) in [5, 5.41) is 0. The normalized spacial score (nSPS) is 22.7. The van der Waals surface area contributed by atoms with Crippen LogP contribution in [0.2, 0.25) is 0 Å². The van der Waals surface area contributed by atoms with Crippen molar-refractivity contribution in [3.63, 3.8) is 0 Å². The fraction of sp³-hybridized carbons (Fsp3) is 0.450. The van der Waals surface area contributed by atoms with E-state index in [9.17, 15) is 9.59 Å². The van der Waals surface area contributed by atoms with Gasteiger partial charge in [0.25, 0.3) is 0 Å². The second-order valence-electron chi connectivity index (χ2n) is 6.56. The van der Waals surface area contributed by atoms with E-state index in [1.54, 1.807) is 7.11 Å². The van der Waals surface area contributed by atoms with Gasteiger partial charge in [-0.15, -0.1) is 0 Å². The number of benzene rings is 1. The molecule has 1 aliphatic carbocycles. The zero-order valence-electron chi connectivity index (χ0n) is 15.0. The minimum atomic E-state index is -0.578. The molecule has 5 nitrogen and oxygen atoms in total. The van der Waals surface area contributed by atoms with Gasteiger partial charge < -0.3 is 9.47 Å². The molecule has 0 bridgehead atoms. The van der Waals surface area contributed by atoms with Gasteiger partial charge in [-0.25, -0.2) is 0 Å². The molecule has 0 spiro atoms. The summed E-state index contributed by atoms with van der Waals surface area (Å²) < 4.78 is 11.4. The molecular formula is C20H22INO4. The first kappa shape index (κ1) is 19.2. The third kappa shape index (κ3) is 3.91. The van der Waals surface area contributed by atoms with Crippen LogP contribution in [0.4, 0.5) is 0 Å². The third-order valence-electron chi connectivity index (χ3n) is 4.83. The third-order valence-corrected chi connectivity index (χ3v) is 5.50. The number of halogens is 1. The SMILES string of the molecule is COCCOC(=O)C1C(C)=NC2=C(C(=O)CCC2)[C@H]1c1cccc(I)c1. The molecule has 1 unspecified atom stereocenters. The minimum Gasteiger partial charge on any atom is -0.463 e. The number of methoxy groups -OCH3 is 1. The summed E-state index contributed by atoms with van der Waals surface area (Å²) in [6, 6.07) is 7.97. The average Bonchev–Trinajstić information content (AvgIpc) is 2.61. The molecule has 0 fully saturated rings. The van der Waals surface area contributed by atoms with Crippen molar-refractivity contribution in [2.24, 2.45) is 10.9 Å². The van der Waals surface area contributed by atoms with Gasteiger partial charge in [0.2, 0.25) is 0 Å². The van der Waals surface area contributed by atoms with Crippen LogP contribution < -0.4 is 0 Å². The second kappa shape index (κ2) is 8.43. The summed E-state index contributed by atoms with van der Waals surface area (Å²) in [6.45, 7) is 2.39. The molecule has 6 heteroatoms. The van der Waals surface area contributed by atoms with Gasteiger partial charge in [-0.3, -0.25) is 14.6 Å². The van der Waals surface area contributed by atoms with E-state index in [1.807, 2.05) is 31.2 Å². The summed E-state index contributed by atoms with van der Waals surface area (Å²) in [7, 11) is 1.56. The molecule has 0 saturated heterocycles. The molecule has 2 aliphatic rings. The molecule has 1 aromatic carbocycles. The zero-order valence-corrected chi connectivity index (χ0v) is 17.1. The van der Waals surface area contributed by atoms with Crippen LogP contribution in [0.1, 0.15) is 37.7 Å². The lowest BCUT2D eigenvalue weighted by Crippen LogP contribution is -2.37. The Morgan fingerprint density at radius 2 is 2.12 bits per heavy atom. The Morgan fingerprint density at radius 1 is 1.31 bits per heavy atom. The summed E-state index contributed by atoms with van der Waals surface area (Å²) in [6.07, 6.45) is 2.11. The molecule has 1 heterocycles. The van der Waals surface area contributed by atoms with Crippen LogP contribution in [0.5, 0.6) is 0 Å². The molecule has 0 saturated carbocycles. The number of hydrogen-bond acceptors (Lipinski definition) is 5. The highest BCUT2D eigenvalue weighted by Gasteiger charge is 2.43. The van der Waals surface area contributed by atoms with E-state index < -0.39 is 5.92 Å². The van der Waals surface area contributed by atoms with E-state index in [0.717, 1.165) is 27.7 Å². The summed E-state index contributed by atoms with van der Waals surface area (Å²) in [5.74, 6) is -1.16. The maximum absolute atomic E-state index is 12.8. The number of rotatable bonds is 5. The van der Waals surface area contributed by atoms with Crippen LogP contribution in [0.15, 0.2) is 40.5 Å². The van der Waals surface area contributed by atoms with Crippen LogP contribution >= 0.6 is 22.6 Å². The fourth-order valence-electron chi connectivity index (χ4n) is 3.69. The maximum atomic E-state index is 12.8. The lowest BCUT2D eigenvalue weighted by atomic mass is 9.72. The smallest absolute Gasteiger partial charge is 0.315 e. The molecule has 0 amide bonds. The Labute approximate surface area is 167 Å². The van der Waals surface area contributed by atoms with Crippen LogP contribution in [0.25, 0.3) is 0 Å². The van der Waals surface area contributed by atoms with Gasteiger partial charge in [0.05, 0.1) is 6.61 Å². The lowest BCUT2D eigenvalue weighted by molar-refractivity contribution is -0.147. The second-order valence-corrected chi connectivity index (χ2v) is 7.81. The van der Waals surface area contributed by atoms with E-state index in [0.29, 0.717) is 24.3 Å². The molecule has 0 radical (unpaired) electrons. The summed E-state index contributed by atoms with van der Waals surface area (Å²) >= 11 is 2.25. The van der Waals surface area contributed by atoms with Crippen molar-refractivity contribution >= 4 is 40.1 Å². The van der Waals surface area contributed by atoms with Crippen molar-refractivity contribution in [1.82, 2.24) is 0 Å². The van der Waals surface area contributed by atoms with Crippen molar-refractivity contribution in [3.8, 4) is 0 Å². The van der Waals surface area contributed by atoms with E-state index in [1.165, 1.54) is 0 Å². The molecule has 1 aromatic rings. The lowest BCUT2D eigenvalue weighted by Gasteiger charge is -2.34. The minimum absolute atomic E-state index is 0.0982. The number of ketones is 1. The van der Waals surface area contributed by atoms with Crippen molar-refractivity contribution in [2.75, 3.05) is 20.3 Å². The van der Waals surface area contributed by atoms with Gasteiger partial charge >= 0.3 is 5.97 Å². The monoisotopic (exact) mass is 467 g/mol. The predicted octanol–water partition coefficient (Wildman–Crippen LogP) is 3.66. The number of allylic oxidation sites excluding steroid dienone is 2. The molecule has 2 atom stereocenters. The van der Waals surface area contributed by atoms with Crippen LogP contribution in [0, 0.1) is 9.49 Å². The number of aliphatic imine (C=N–C) groups is 1. The van der Waals surface area contributed by atoms with Crippen LogP contribution in [-0.2, 0) is 19.1 Å². The quantitative estimate of drug-likeness (QED) is 0.377. The fourth-order valence-corrected chi connectivity index (χ4v) is 4.25. The average molecular weight is 467 g/mol. The molecule has 1 aliphatic heterocycles. The van der Waals surface area contributed by atoms with Crippen molar-refractivity contribution in [3.05, 3.63) is 44.7 Å². The van der Waals surface area contributed by atoms with Crippen LogP contribution in [-0.4, -0.2) is 37.8 Å². The first-order chi connectivity index (χ1) is 12.5. The Hall–Kier alpha value is -1.54. The van der Waals surface area contributed by atoms with E-state index in [4.69, 9.17) is 9.47 Å². The van der Waals surface area contributed by atoms with E-state index in [-0.39, 0.29) is 24.3 Å². The number of esters is 1. The van der Waals surface area contributed by atoms with E-state index >= 15 is 0 Å². The van der Waals surface area contributed by atoms with Crippen molar-refractivity contribution < 1.29 is 19.1 Å². The highest BCUT2D eigenvalue weighted by atomic mass is 127. The van der Waals surface area contributed by atoms with Crippen LogP contribution in [0.3, 0.4) is 0 Å². The van der Waals surface area contributed by atoms with Gasteiger partial charge in [0.15, 0.2) is 5.78 Å². The summed E-state index contributed by atoms with van der Waals surface area (Å²) in [4.78, 5) is 30.2. The molecule has 26 heavy (non-hydrogen) atoms. The number of carbonyl (C=O) groups excluding carboxylic acids is 2. The van der Waals surface area contributed by atoms with Gasteiger partial charge in [0.1, 0.15) is 12.5 Å². The topological polar surface area (TPSA) is 65.0 Å². The summed E-state index contributed by atoms with van der Waals surface area (Å²) in [5.41, 5.74) is 3.20. The van der Waals surface area contributed by atoms with Gasteiger partial charge in [0, 0.05) is 40.0 Å². The van der Waals surface area contributed by atoms with Gasteiger partial charge in [-0.1, -0.05) is 12.1 Å². The number of hydrogen-bond donors (Lipinski definition) is 0. The molecule has 0 N–H and O–H groups in total. The van der Waals surface area contributed by atoms with Crippen molar-refractivity contribution in [1.29, 1.82) is 0 Å². The molecular weight excluding hydrogens is 445 g/mol. The van der Waals surface area contributed by atoms with Gasteiger partial charge in [-0.2, -0.15) is 0 Å². The largest absolute Gasteiger partial charge is 0.463 e. The Kier molecular flexibility index (Phi) is 6.24. The zero-order chi connectivity index (χ0) is 18.7. The Morgan fingerprint density at radius 3 is 2.85 bits per heavy atom. The van der Waals surface area contributed by atoms with Gasteiger partial charge in [-0.05, 0) is 60.1 Å². The first-order valence-electron chi connectivity index (χ1n) is 8.75. The highest BCUT2D eigenvalue weighted by molar-refractivity contribution is 14.1. The first-order valence-corrected chi connectivity index (χ1v) is 9.83. The number of ether oxygens (including phenoxy) is 2. The molecule has 0 aromatic heterocycles. The number of nitrogens with zero attached hydrogens (tertiary/aromatic N) is 1. The number of Topliss-reactive ketones (excluding diaryl/α,β-unsaturated/α-hetero) is 1. The standard InChI is InChI=1S/C20H22INO4/c1-12-17(20(24)26-10-9-25-2)18(13-5-3-6-14(21)11-13)19-15(22-12)7-4-8-16(19)23/h3,5-6,11,17-18H,4,7-10H2,1-2H3/t17?,18-/m0/s1. The molecule has 138 valence electrons. The number of carbonyl (C=O) groups is 2. The van der Waals surface area contributed by atoms with Crippen molar-refractivity contribution in [2.45, 2.75) is 32.1 Å². The van der Waals surface area contributed by atoms with E-state index in [2.05, 4.69) is 27.6 Å². The molecule has 3 rings (SSSR count). The highest BCUT2D eigenvalue weighted by Crippen LogP contribution is 2.43.